The molecular weight excluding hydrogens is 426 g/mol. The van der Waals surface area contributed by atoms with Gasteiger partial charge in [0.05, 0.1) is 18.0 Å². The molecule has 0 saturated heterocycles. The van der Waals surface area contributed by atoms with Gasteiger partial charge in [0.15, 0.2) is 0 Å². The zero-order valence-corrected chi connectivity index (χ0v) is 18.8. The molecule has 170 valence electrons. The van der Waals surface area contributed by atoms with Crippen molar-refractivity contribution < 1.29 is 13.6 Å². The fraction of sp³-hybridized carbons (Fsp3) is 0.292. The average Bonchev–Trinajstić information content (AvgIpc) is 3.29. The zero-order valence-electron chi connectivity index (χ0n) is 18.8. The first-order chi connectivity index (χ1) is 15.6. The molecule has 1 N–H and O–H groups in total. The Balaban J connectivity index is 1.95. The SMILES string of the molecule is CC/C(=C\c1cc(-c2cccc(C(=O)NC(C)(C)C#N)n2)cnc1C)c1cnn(C(F)F)c1. The number of rotatable bonds is 7. The summed E-state index contributed by atoms with van der Waals surface area (Å²) in [7, 11) is 0. The molecule has 1 amide bonds. The number of hydrogen-bond acceptors (Lipinski definition) is 5. The maximum absolute atomic E-state index is 12.9. The molecule has 0 spiro atoms. The van der Waals surface area contributed by atoms with Gasteiger partial charge < -0.3 is 5.32 Å². The fourth-order valence-electron chi connectivity index (χ4n) is 3.12. The summed E-state index contributed by atoms with van der Waals surface area (Å²) in [4.78, 5) is 21.4. The van der Waals surface area contributed by atoms with E-state index in [1.54, 1.807) is 38.2 Å². The number of amides is 1. The Hall–Kier alpha value is -3.93. The van der Waals surface area contributed by atoms with Crippen molar-refractivity contribution in [3.05, 3.63) is 65.4 Å². The lowest BCUT2D eigenvalue weighted by molar-refractivity contribution is 0.0566. The standard InChI is InChI=1S/C24H24F2N6O/c1-5-16(19-12-29-32(13-19)23(25)26)9-17-10-18(11-28-15(17)2)20-7-6-8-21(30-20)22(33)31-24(3,4)14-27/h6-13,23H,5H2,1-4H3,(H,31,33)/b16-9+. The van der Waals surface area contributed by atoms with Crippen LogP contribution in [0.3, 0.4) is 0 Å². The molecule has 3 heterocycles. The smallest absolute Gasteiger partial charge is 0.333 e. The Kier molecular flexibility index (Phi) is 6.97. The molecule has 0 atom stereocenters. The highest BCUT2D eigenvalue weighted by atomic mass is 19.3. The number of alkyl halides is 2. The minimum absolute atomic E-state index is 0.183. The minimum Gasteiger partial charge on any atom is -0.333 e. The maximum Gasteiger partial charge on any atom is 0.333 e. The second-order valence-corrected chi connectivity index (χ2v) is 8.01. The van der Waals surface area contributed by atoms with Gasteiger partial charge in [0.25, 0.3) is 5.91 Å². The van der Waals surface area contributed by atoms with Gasteiger partial charge in [-0.15, -0.1) is 0 Å². The van der Waals surface area contributed by atoms with Crippen LogP contribution in [0.4, 0.5) is 8.78 Å². The molecule has 0 fully saturated rings. The van der Waals surface area contributed by atoms with Gasteiger partial charge in [0, 0.05) is 29.2 Å². The number of halogens is 2. The highest BCUT2D eigenvalue weighted by Crippen LogP contribution is 2.26. The number of nitriles is 1. The molecule has 0 aliphatic heterocycles. The lowest BCUT2D eigenvalue weighted by Crippen LogP contribution is -2.42. The van der Waals surface area contributed by atoms with Crippen LogP contribution in [0.1, 0.15) is 61.1 Å². The molecule has 7 nitrogen and oxygen atoms in total. The van der Waals surface area contributed by atoms with E-state index in [0.717, 1.165) is 16.8 Å². The van der Waals surface area contributed by atoms with Crippen LogP contribution < -0.4 is 5.32 Å². The van der Waals surface area contributed by atoms with Gasteiger partial charge in [0.2, 0.25) is 0 Å². The van der Waals surface area contributed by atoms with Crippen LogP contribution in [-0.4, -0.2) is 31.2 Å². The molecule has 0 aliphatic carbocycles. The van der Waals surface area contributed by atoms with Gasteiger partial charge in [-0.05, 0) is 62.6 Å². The molecule has 3 aromatic rings. The second-order valence-electron chi connectivity index (χ2n) is 8.01. The maximum atomic E-state index is 12.9. The third-order valence-electron chi connectivity index (χ3n) is 4.99. The Bertz CT molecular complexity index is 1240. The number of hydrogen-bond donors (Lipinski definition) is 1. The van der Waals surface area contributed by atoms with Crippen molar-refractivity contribution in [2.24, 2.45) is 0 Å². The van der Waals surface area contributed by atoms with Crippen molar-refractivity contribution in [3.63, 3.8) is 0 Å². The van der Waals surface area contributed by atoms with E-state index in [2.05, 4.69) is 20.4 Å². The van der Waals surface area contributed by atoms with Gasteiger partial charge >= 0.3 is 6.55 Å². The molecule has 0 radical (unpaired) electrons. The third kappa shape index (κ3) is 5.66. The molecular formula is C24H24F2N6O. The second kappa shape index (κ2) is 9.69. The van der Waals surface area contributed by atoms with Crippen molar-refractivity contribution >= 4 is 17.6 Å². The van der Waals surface area contributed by atoms with Gasteiger partial charge in [-0.3, -0.25) is 9.78 Å². The fourth-order valence-corrected chi connectivity index (χ4v) is 3.12. The molecule has 0 unspecified atom stereocenters. The summed E-state index contributed by atoms with van der Waals surface area (Å²) in [5, 5.41) is 15.5. The minimum atomic E-state index is -2.70. The molecule has 0 aliphatic rings. The monoisotopic (exact) mass is 450 g/mol. The first kappa shape index (κ1) is 23.7. The molecule has 0 aromatic carbocycles. The predicted octanol–water partition coefficient (Wildman–Crippen LogP) is 5.03. The predicted molar refractivity (Wildman–Crippen MR) is 121 cm³/mol. The van der Waals surface area contributed by atoms with Crippen LogP contribution in [0.5, 0.6) is 0 Å². The van der Waals surface area contributed by atoms with E-state index in [1.165, 1.54) is 12.4 Å². The summed E-state index contributed by atoms with van der Waals surface area (Å²) in [5.41, 5.74) is 3.41. The molecule has 9 heteroatoms. The van der Waals surface area contributed by atoms with E-state index in [9.17, 15) is 13.6 Å². The van der Waals surface area contributed by atoms with E-state index in [0.29, 0.717) is 27.9 Å². The highest BCUT2D eigenvalue weighted by molar-refractivity contribution is 5.93. The summed E-state index contributed by atoms with van der Waals surface area (Å²) in [5.74, 6) is -0.451. The van der Waals surface area contributed by atoms with E-state index in [-0.39, 0.29) is 5.69 Å². The van der Waals surface area contributed by atoms with Crippen LogP contribution >= 0.6 is 0 Å². The number of carbonyl (C=O) groups excluding carboxylic acids is 1. The van der Waals surface area contributed by atoms with Crippen LogP contribution in [0.15, 0.2) is 42.9 Å². The first-order valence-corrected chi connectivity index (χ1v) is 10.3. The molecule has 0 saturated carbocycles. The van der Waals surface area contributed by atoms with Crippen LogP contribution in [0.25, 0.3) is 22.9 Å². The summed E-state index contributed by atoms with van der Waals surface area (Å²) in [6, 6.07) is 8.96. The molecule has 3 aromatic heterocycles. The quantitative estimate of drug-likeness (QED) is 0.545. The van der Waals surface area contributed by atoms with Crippen molar-refractivity contribution in [2.75, 3.05) is 0 Å². The van der Waals surface area contributed by atoms with Crippen molar-refractivity contribution in [3.8, 4) is 17.3 Å². The van der Waals surface area contributed by atoms with Gasteiger partial charge in [-0.25, -0.2) is 9.67 Å². The summed E-state index contributed by atoms with van der Waals surface area (Å²) < 4.78 is 26.4. The third-order valence-corrected chi connectivity index (χ3v) is 4.99. The van der Waals surface area contributed by atoms with Crippen molar-refractivity contribution in [1.82, 2.24) is 25.1 Å². The number of pyridine rings is 2. The number of aromatic nitrogens is 4. The summed E-state index contributed by atoms with van der Waals surface area (Å²) in [6.45, 7) is 4.30. The number of nitrogens with one attached hydrogen (secondary N) is 1. The number of allylic oxidation sites excluding steroid dienone is 1. The van der Waals surface area contributed by atoms with Crippen LogP contribution in [0.2, 0.25) is 0 Å². The van der Waals surface area contributed by atoms with Gasteiger partial charge in [-0.1, -0.05) is 13.0 Å². The van der Waals surface area contributed by atoms with Gasteiger partial charge in [-0.2, -0.15) is 19.1 Å². The molecule has 3 rings (SSSR count). The van der Waals surface area contributed by atoms with Gasteiger partial charge in [0.1, 0.15) is 11.2 Å². The topological polar surface area (TPSA) is 96.5 Å². The lowest BCUT2D eigenvalue weighted by Gasteiger charge is -2.17. The van der Waals surface area contributed by atoms with Crippen LogP contribution in [0, 0.1) is 18.3 Å². The Morgan fingerprint density at radius 2 is 2.09 bits per heavy atom. The van der Waals surface area contributed by atoms with E-state index >= 15 is 0 Å². The van der Waals surface area contributed by atoms with E-state index in [4.69, 9.17) is 5.26 Å². The van der Waals surface area contributed by atoms with E-state index in [1.807, 2.05) is 32.1 Å². The largest absolute Gasteiger partial charge is 0.333 e. The van der Waals surface area contributed by atoms with E-state index < -0.39 is 18.0 Å². The normalized spacial score (nSPS) is 12.0. The first-order valence-electron chi connectivity index (χ1n) is 10.3. The molecule has 0 bridgehead atoms. The van der Waals surface area contributed by atoms with Crippen molar-refractivity contribution in [1.29, 1.82) is 5.26 Å². The Morgan fingerprint density at radius 1 is 1.33 bits per heavy atom. The number of aryl methyl sites for hydroxylation is 1. The zero-order chi connectivity index (χ0) is 24.2. The summed E-state index contributed by atoms with van der Waals surface area (Å²) >= 11 is 0. The number of nitrogens with zero attached hydrogens (tertiary/aromatic N) is 5. The van der Waals surface area contributed by atoms with Crippen LogP contribution in [-0.2, 0) is 0 Å². The molecule has 33 heavy (non-hydrogen) atoms. The average molecular weight is 450 g/mol. The summed E-state index contributed by atoms with van der Waals surface area (Å²) in [6.07, 6.45) is 6.90. The number of carbonyl (C=O) groups is 1. The highest BCUT2D eigenvalue weighted by Gasteiger charge is 2.21. The Morgan fingerprint density at radius 3 is 2.73 bits per heavy atom. The van der Waals surface area contributed by atoms with Crippen molar-refractivity contribution in [2.45, 2.75) is 46.2 Å². The Labute approximate surface area is 190 Å². The lowest BCUT2D eigenvalue weighted by atomic mass is 10.0.